The Morgan fingerprint density at radius 1 is 1.32 bits per heavy atom. The molecular weight excluding hydrogens is 294 g/mol. The molecule has 4 nitrogen and oxygen atoms in total. The highest BCUT2D eigenvalue weighted by atomic mass is 32.1. The van der Waals surface area contributed by atoms with E-state index >= 15 is 0 Å². The van der Waals surface area contributed by atoms with Crippen LogP contribution in [-0.2, 0) is 13.1 Å². The molecule has 22 heavy (non-hydrogen) atoms. The van der Waals surface area contributed by atoms with E-state index in [1.165, 1.54) is 11.3 Å². The number of hydrogen-bond donors (Lipinski definition) is 1. The number of benzene rings is 1. The summed E-state index contributed by atoms with van der Waals surface area (Å²) in [5, 5.41) is 12.5. The van der Waals surface area contributed by atoms with Crippen LogP contribution in [0.25, 0.3) is 10.9 Å². The second kappa shape index (κ2) is 6.32. The predicted molar refractivity (Wildman–Crippen MR) is 90.1 cm³/mol. The summed E-state index contributed by atoms with van der Waals surface area (Å²) in [6.45, 7) is 5.67. The number of thiophene rings is 1. The van der Waals surface area contributed by atoms with Gasteiger partial charge in [0.15, 0.2) is 0 Å². The predicted octanol–water partition coefficient (Wildman–Crippen LogP) is 3.68. The van der Waals surface area contributed by atoms with Gasteiger partial charge in [-0.2, -0.15) is 16.4 Å². The first-order valence-corrected chi connectivity index (χ1v) is 8.34. The van der Waals surface area contributed by atoms with Gasteiger partial charge >= 0.3 is 0 Å². The molecule has 0 saturated carbocycles. The van der Waals surface area contributed by atoms with Gasteiger partial charge in [0.2, 0.25) is 0 Å². The fraction of sp³-hybridized carbons (Fsp3) is 0.294. The van der Waals surface area contributed by atoms with Gasteiger partial charge in [-0.15, -0.1) is 0 Å². The van der Waals surface area contributed by atoms with Crippen molar-refractivity contribution in [2.45, 2.75) is 26.9 Å². The molecule has 1 amide bonds. The molecular formula is C17H19N3OS. The largest absolute Gasteiger partial charge is 0.346 e. The molecule has 2 heterocycles. The van der Waals surface area contributed by atoms with Crippen LogP contribution < -0.4 is 5.32 Å². The molecule has 0 bridgehead atoms. The first kappa shape index (κ1) is 14.8. The maximum Gasteiger partial charge on any atom is 0.252 e. The molecule has 0 saturated heterocycles. The van der Waals surface area contributed by atoms with Crippen molar-refractivity contribution in [3.63, 3.8) is 0 Å². The smallest absolute Gasteiger partial charge is 0.252 e. The van der Waals surface area contributed by atoms with E-state index in [9.17, 15) is 4.79 Å². The van der Waals surface area contributed by atoms with E-state index in [0.29, 0.717) is 18.0 Å². The average Bonchev–Trinajstić information content (AvgIpc) is 3.13. The number of aromatic nitrogens is 2. The summed E-state index contributed by atoms with van der Waals surface area (Å²) in [5.74, 6) is 0.472. The molecule has 3 rings (SSSR count). The number of amides is 1. The second-order valence-corrected chi connectivity index (χ2v) is 6.51. The summed E-state index contributed by atoms with van der Waals surface area (Å²) in [6.07, 6.45) is 0. The number of hydrogen-bond acceptors (Lipinski definition) is 3. The molecule has 1 N–H and O–H groups in total. The van der Waals surface area contributed by atoms with E-state index in [1.807, 2.05) is 33.6 Å². The Labute approximate surface area is 133 Å². The Kier molecular flexibility index (Phi) is 4.24. The van der Waals surface area contributed by atoms with Crippen LogP contribution in [0.1, 0.15) is 29.9 Å². The molecule has 0 spiro atoms. The Balaban J connectivity index is 1.83. The molecule has 0 aliphatic carbocycles. The first-order valence-electron chi connectivity index (χ1n) is 7.40. The molecule has 0 fully saturated rings. The molecule has 0 unspecified atom stereocenters. The summed E-state index contributed by atoms with van der Waals surface area (Å²) in [6, 6.07) is 10.00. The van der Waals surface area contributed by atoms with Gasteiger partial charge in [0.05, 0.1) is 17.8 Å². The van der Waals surface area contributed by atoms with Crippen LogP contribution in [-0.4, -0.2) is 15.7 Å². The number of fused-ring (bicyclic) bond motifs is 1. The standard InChI is InChI=1S/C17H19N3OS/c1-12(2)10-20-16-6-4-3-5-14(16)15(19-20)9-18-17(21)13-7-8-22-11-13/h3-8,11-12H,9-10H2,1-2H3,(H,18,21). The van der Waals surface area contributed by atoms with Crippen LogP contribution in [0.3, 0.4) is 0 Å². The SMILES string of the molecule is CC(C)Cn1nc(CNC(=O)c2ccsc2)c2ccccc21. The summed E-state index contributed by atoms with van der Waals surface area (Å²) >= 11 is 1.52. The van der Waals surface area contributed by atoms with Gasteiger partial charge in [0.1, 0.15) is 0 Å². The topological polar surface area (TPSA) is 46.9 Å². The molecule has 5 heteroatoms. The van der Waals surface area contributed by atoms with Gasteiger partial charge in [-0.1, -0.05) is 32.0 Å². The van der Waals surface area contributed by atoms with Gasteiger partial charge < -0.3 is 5.32 Å². The van der Waals surface area contributed by atoms with Crippen molar-refractivity contribution in [2.24, 2.45) is 5.92 Å². The minimum atomic E-state index is -0.0521. The minimum Gasteiger partial charge on any atom is -0.346 e. The number of rotatable bonds is 5. The van der Waals surface area contributed by atoms with Crippen molar-refractivity contribution >= 4 is 28.1 Å². The molecule has 0 aliphatic heterocycles. The van der Waals surface area contributed by atoms with Gasteiger partial charge in [-0.25, -0.2) is 0 Å². The lowest BCUT2D eigenvalue weighted by Crippen LogP contribution is -2.22. The number of para-hydroxylation sites is 1. The number of nitrogens with one attached hydrogen (secondary N) is 1. The lowest BCUT2D eigenvalue weighted by Gasteiger charge is -2.06. The second-order valence-electron chi connectivity index (χ2n) is 5.73. The van der Waals surface area contributed by atoms with Crippen LogP contribution in [0.4, 0.5) is 0 Å². The zero-order valence-corrected chi connectivity index (χ0v) is 13.6. The normalized spacial score (nSPS) is 11.2. The maximum absolute atomic E-state index is 12.1. The highest BCUT2D eigenvalue weighted by molar-refractivity contribution is 7.08. The molecule has 1 aromatic carbocycles. The van der Waals surface area contributed by atoms with Gasteiger partial charge in [-0.3, -0.25) is 9.48 Å². The van der Waals surface area contributed by atoms with E-state index in [4.69, 9.17) is 0 Å². The lowest BCUT2D eigenvalue weighted by atomic mass is 10.2. The van der Waals surface area contributed by atoms with Crippen LogP contribution in [0.2, 0.25) is 0 Å². The van der Waals surface area contributed by atoms with Crippen molar-refractivity contribution in [3.8, 4) is 0 Å². The van der Waals surface area contributed by atoms with Crippen molar-refractivity contribution < 1.29 is 4.79 Å². The third-order valence-electron chi connectivity index (χ3n) is 3.47. The zero-order valence-electron chi connectivity index (χ0n) is 12.7. The summed E-state index contributed by atoms with van der Waals surface area (Å²) in [7, 11) is 0. The number of nitrogens with zero attached hydrogens (tertiary/aromatic N) is 2. The van der Waals surface area contributed by atoms with E-state index < -0.39 is 0 Å². The number of carbonyl (C=O) groups is 1. The summed E-state index contributed by atoms with van der Waals surface area (Å²) in [4.78, 5) is 12.1. The fourth-order valence-corrected chi connectivity index (χ4v) is 3.11. The van der Waals surface area contributed by atoms with Crippen LogP contribution in [0.5, 0.6) is 0 Å². The Morgan fingerprint density at radius 3 is 2.86 bits per heavy atom. The zero-order chi connectivity index (χ0) is 15.5. The highest BCUT2D eigenvalue weighted by Gasteiger charge is 2.12. The summed E-state index contributed by atoms with van der Waals surface area (Å²) in [5.41, 5.74) is 2.74. The first-order chi connectivity index (χ1) is 10.6. The van der Waals surface area contributed by atoms with Crippen LogP contribution >= 0.6 is 11.3 Å². The van der Waals surface area contributed by atoms with E-state index in [-0.39, 0.29) is 5.91 Å². The molecule has 0 atom stereocenters. The van der Waals surface area contributed by atoms with Crippen molar-refractivity contribution in [2.75, 3.05) is 0 Å². The van der Waals surface area contributed by atoms with Crippen molar-refractivity contribution in [1.29, 1.82) is 0 Å². The van der Waals surface area contributed by atoms with E-state index in [0.717, 1.165) is 23.1 Å². The monoisotopic (exact) mass is 313 g/mol. The maximum atomic E-state index is 12.1. The number of carbonyl (C=O) groups excluding carboxylic acids is 1. The Morgan fingerprint density at radius 2 is 2.14 bits per heavy atom. The van der Waals surface area contributed by atoms with Crippen LogP contribution in [0, 0.1) is 5.92 Å². The van der Waals surface area contributed by atoms with Crippen LogP contribution in [0.15, 0.2) is 41.1 Å². The molecule has 2 aromatic heterocycles. The summed E-state index contributed by atoms with van der Waals surface area (Å²) < 4.78 is 2.03. The molecule has 114 valence electrons. The van der Waals surface area contributed by atoms with E-state index in [1.54, 1.807) is 0 Å². The van der Waals surface area contributed by atoms with Crippen molar-refractivity contribution in [1.82, 2.24) is 15.1 Å². The van der Waals surface area contributed by atoms with E-state index in [2.05, 4.69) is 36.4 Å². The van der Waals surface area contributed by atoms with Crippen molar-refractivity contribution in [3.05, 3.63) is 52.3 Å². The lowest BCUT2D eigenvalue weighted by molar-refractivity contribution is 0.0951. The van der Waals surface area contributed by atoms with Gasteiger partial charge in [0.25, 0.3) is 5.91 Å². The minimum absolute atomic E-state index is 0.0521. The van der Waals surface area contributed by atoms with Gasteiger partial charge in [-0.05, 0) is 23.4 Å². The fourth-order valence-electron chi connectivity index (χ4n) is 2.47. The quantitative estimate of drug-likeness (QED) is 0.781. The Hall–Kier alpha value is -2.14. The highest BCUT2D eigenvalue weighted by Crippen LogP contribution is 2.19. The average molecular weight is 313 g/mol. The third-order valence-corrected chi connectivity index (χ3v) is 4.16. The molecule has 3 aromatic rings. The molecule has 0 radical (unpaired) electrons. The Bertz CT molecular complexity index is 774. The van der Waals surface area contributed by atoms with Gasteiger partial charge in [0, 0.05) is 22.9 Å². The molecule has 0 aliphatic rings. The third kappa shape index (κ3) is 3.04.